The Morgan fingerprint density at radius 2 is 2.18 bits per heavy atom. The third-order valence-electron chi connectivity index (χ3n) is 3.77. The number of hydrogen-bond donors (Lipinski definition) is 1. The highest BCUT2D eigenvalue weighted by atomic mass is 79.9. The monoisotopic (exact) mass is 314 g/mol. The molecule has 4 heterocycles. The molecule has 3 fully saturated rings. The highest BCUT2D eigenvalue weighted by molar-refractivity contribution is 9.11. The molecule has 0 radical (unpaired) electrons. The SMILES string of the molecule is O=C(NC1CN2CCC1CC2)c1ccc(Br)s1. The normalized spacial score (nSPS) is 31.5. The van der Waals surface area contributed by atoms with Crippen LogP contribution in [0.15, 0.2) is 15.9 Å². The minimum Gasteiger partial charge on any atom is -0.347 e. The van der Waals surface area contributed by atoms with Crippen LogP contribution in [0, 0.1) is 5.92 Å². The minimum atomic E-state index is 0.0828. The van der Waals surface area contributed by atoms with Crippen LogP contribution >= 0.6 is 27.3 Å². The van der Waals surface area contributed by atoms with E-state index >= 15 is 0 Å². The Bertz CT molecular complexity index is 426. The summed E-state index contributed by atoms with van der Waals surface area (Å²) in [6.45, 7) is 3.45. The summed E-state index contributed by atoms with van der Waals surface area (Å²) in [5, 5.41) is 3.19. The molecule has 0 spiro atoms. The standard InChI is InChI=1S/C12H15BrN2OS/c13-11-2-1-10(17-11)12(16)14-9-7-15-5-3-8(9)4-6-15/h1-2,8-9H,3-7H2,(H,14,16). The topological polar surface area (TPSA) is 32.3 Å². The van der Waals surface area contributed by atoms with E-state index < -0.39 is 0 Å². The van der Waals surface area contributed by atoms with E-state index in [4.69, 9.17) is 0 Å². The number of rotatable bonds is 2. The predicted octanol–water partition coefficient (Wildman–Crippen LogP) is 2.33. The van der Waals surface area contributed by atoms with Gasteiger partial charge in [0.25, 0.3) is 5.91 Å². The van der Waals surface area contributed by atoms with Crippen molar-refractivity contribution in [1.82, 2.24) is 10.2 Å². The van der Waals surface area contributed by atoms with Gasteiger partial charge in [-0.05, 0) is 59.9 Å². The number of carbonyl (C=O) groups excluding carboxylic acids is 1. The van der Waals surface area contributed by atoms with Crippen LogP contribution in [0.25, 0.3) is 0 Å². The number of fused-ring (bicyclic) bond motifs is 3. The second-order valence-corrected chi connectivity index (χ2v) is 7.28. The van der Waals surface area contributed by atoms with E-state index in [9.17, 15) is 4.79 Å². The van der Waals surface area contributed by atoms with Crippen molar-refractivity contribution >= 4 is 33.2 Å². The molecule has 3 saturated heterocycles. The van der Waals surface area contributed by atoms with Gasteiger partial charge < -0.3 is 10.2 Å². The summed E-state index contributed by atoms with van der Waals surface area (Å²) in [6, 6.07) is 4.16. The van der Waals surface area contributed by atoms with E-state index in [0.717, 1.165) is 15.2 Å². The first-order valence-electron chi connectivity index (χ1n) is 6.01. The number of nitrogens with zero attached hydrogens (tertiary/aromatic N) is 1. The van der Waals surface area contributed by atoms with Crippen LogP contribution in [-0.4, -0.2) is 36.5 Å². The third kappa shape index (κ3) is 2.41. The zero-order chi connectivity index (χ0) is 11.8. The summed E-state index contributed by atoms with van der Waals surface area (Å²) < 4.78 is 1.01. The van der Waals surface area contributed by atoms with Gasteiger partial charge in [0.05, 0.1) is 8.66 Å². The van der Waals surface area contributed by atoms with Gasteiger partial charge in [0.15, 0.2) is 0 Å². The van der Waals surface area contributed by atoms with Crippen molar-refractivity contribution in [2.75, 3.05) is 19.6 Å². The summed E-state index contributed by atoms with van der Waals surface area (Å²) in [5.74, 6) is 0.770. The average Bonchev–Trinajstić information content (AvgIpc) is 2.77. The van der Waals surface area contributed by atoms with Crippen molar-refractivity contribution in [2.24, 2.45) is 5.92 Å². The van der Waals surface area contributed by atoms with Gasteiger partial charge in [-0.1, -0.05) is 0 Å². The molecule has 0 aromatic carbocycles. The van der Waals surface area contributed by atoms with Crippen LogP contribution in [0.5, 0.6) is 0 Å². The van der Waals surface area contributed by atoms with Crippen molar-refractivity contribution in [3.8, 4) is 0 Å². The predicted molar refractivity (Wildman–Crippen MR) is 72.4 cm³/mol. The highest BCUT2D eigenvalue weighted by Gasteiger charge is 2.35. The van der Waals surface area contributed by atoms with E-state index in [0.29, 0.717) is 12.0 Å². The van der Waals surface area contributed by atoms with Crippen molar-refractivity contribution in [3.05, 3.63) is 20.8 Å². The molecule has 2 bridgehead atoms. The van der Waals surface area contributed by atoms with Crippen LogP contribution < -0.4 is 5.32 Å². The van der Waals surface area contributed by atoms with Gasteiger partial charge in [-0.3, -0.25) is 4.79 Å². The number of carbonyl (C=O) groups is 1. The molecule has 92 valence electrons. The van der Waals surface area contributed by atoms with Gasteiger partial charge in [0.1, 0.15) is 0 Å². The number of thiophene rings is 1. The largest absolute Gasteiger partial charge is 0.347 e. The molecule has 4 rings (SSSR count). The fourth-order valence-electron chi connectivity index (χ4n) is 2.80. The first kappa shape index (κ1) is 11.7. The molecule has 3 aliphatic heterocycles. The van der Waals surface area contributed by atoms with E-state index in [-0.39, 0.29) is 5.91 Å². The molecule has 3 aliphatic rings. The maximum atomic E-state index is 12.1. The summed E-state index contributed by atoms with van der Waals surface area (Å²) in [5.41, 5.74) is 0. The van der Waals surface area contributed by atoms with Crippen molar-refractivity contribution < 1.29 is 4.79 Å². The van der Waals surface area contributed by atoms with E-state index in [1.807, 2.05) is 12.1 Å². The van der Waals surface area contributed by atoms with Crippen LogP contribution in [0.4, 0.5) is 0 Å². The number of halogens is 1. The lowest BCUT2D eigenvalue weighted by molar-refractivity contribution is 0.0622. The Balaban J connectivity index is 1.65. The fraction of sp³-hybridized carbons (Fsp3) is 0.583. The number of amides is 1. The molecule has 1 atom stereocenters. The zero-order valence-corrected chi connectivity index (χ0v) is 11.9. The maximum absolute atomic E-state index is 12.1. The van der Waals surface area contributed by atoms with E-state index in [1.54, 1.807) is 0 Å². The molecule has 1 aromatic heterocycles. The highest BCUT2D eigenvalue weighted by Crippen LogP contribution is 2.28. The molecule has 1 N–H and O–H groups in total. The first-order valence-corrected chi connectivity index (χ1v) is 7.62. The van der Waals surface area contributed by atoms with E-state index in [2.05, 4.69) is 26.1 Å². The van der Waals surface area contributed by atoms with Gasteiger partial charge in [-0.2, -0.15) is 0 Å². The molecule has 1 unspecified atom stereocenters. The number of hydrogen-bond acceptors (Lipinski definition) is 3. The number of nitrogens with one attached hydrogen (secondary N) is 1. The molecule has 5 heteroatoms. The molecule has 17 heavy (non-hydrogen) atoms. The summed E-state index contributed by atoms with van der Waals surface area (Å²) in [4.78, 5) is 15.3. The molecular weight excluding hydrogens is 300 g/mol. The van der Waals surface area contributed by atoms with Crippen LogP contribution in [0.1, 0.15) is 22.5 Å². The van der Waals surface area contributed by atoms with Gasteiger partial charge in [0.2, 0.25) is 0 Å². The Kier molecular flexibility index (Phi) is 3.23. The van der Waals surface area contributed by atoms with Crippen LogP contribution in [0.3, 0.4) is 0 Å². The second-order valence-electron chi connectivity index (χ2n) is 4.82. The van der Waals surface area contributed by atoms with Crippen molar-refractivity contribution in [2.45, 2.75) is 18.9 Å². The molecule has 0 saturated carbocycles. The lowest BCUT2D eigenvalue weighted by atomic mass is 9.84. The first-order chi connectivity index (χ1) is 8.22. The van der Waals surface area contributed by atoms with Crippen molar-refractivity contribution in [3.63, 3.8) is 0 Å². The Labute approximate surface area is 113 Å². The Morgan fingerprint density at radius 3 is 2.71 bits per heavy atom. The lowest BCUT2D eigenvalue weighted by Gasteiger charge is -2.44. The smallest absolute Gasteiger partial charge is 0.261 e. The molecule has 1 aromatic rings. The Hall–Kier alpha value is -0.390. The van der Waals surface area contributed by atoms with Crippen molar-refractivity contribution in [1.29, 1.82) is 0 Å². The van der Waals surface area contributed by atoms with Gasteiger partial charge in [0, 0.05) is 12.6 Å². The van der Waals surface area contributed by atoms with Crippen LogP contribution in [-0.2, 0) is 0 Å². The quantitative estimate of drug-likeness (QED) is 0.908. The summed E-state index contributed by atoms with van der Waals surface area (Å²) >= 11 is 4.88. The summed E-state index contributed by atoms with van der Waals surface area (Å²) in [7, 11) is 0. The van der Waals surface area contributed by atoms with E-state index in [1.165, 1.54) is 37.3 Å². The fourth-order valence-corrected chi connectivity index (χ4v) is 4.09. The lowest BCUT2D eigenvalue weighted by Crippen LogP contribution is -2.57. The third-order valence-corrected chi connectivity index (χ3v) is 5.39. The summed E-state index contributed by atoms with van der Waals surface area (Å²) in [6.07, 6.45) is 2.47. The molecule has 0 aliphatic carbocycles. The maximum Gasteiger partial charge on any atom is 0.261 e. The zero-order valence-electron chi connectivity index (χ0n) is 9.49. The Morgan fingerprint density at radius 1 is 1.41 bits per heavy atom. The second kappa shape index (κ2) is 4.71. The van der Waals surface area contributed by atoms with Crippen LogP contribution in [0.2, 0.25) is 0 Å². The average molecular weight is 315 g/mol. The minimum absolute atomic E-state index is 0.0828. The molecular formula is C12H15BrN2OS. The van der Waals surface area contributed by atoms with Gasteiger partial charge >= 0.3 is 0 Å². The molecule has 1 amide bonds. The van der Waals surface area contributed by atoms with Gasteiger partial charge in [-0.25, -0.2) is 0 Å². The molecule has 3 nitrogen and oxygen atoms in total. The number of piperidine rings is 3. The van der Waals surface area contributed by atoms with Gasteiger partial charge in [-0.15, -0.1) is 11.3 Å².